The highest BCUT2D eigenvalue weighted by Crippen LogP contribution is 2.37. The van der Waals surface area contributed by atoms with Gasteiger partial charge in [-0.15, -0.1) is 0 Å². The van der Waals surface area contributed by atoms with E-state index in [0.717, 1.165) is 42.4 Å². The summed E-state index contributed by atoms with van der Waals surface area (Å²) < 4.78 is 16.5. The summed E-state index contributed by atoms with van der Waals surface area (Å²) in [4.78, 5) is 25.8. The van der Waals surface area contributed by atoms with E-state index >= 15 is 0 Å². The third kappa shape index (κ3) is 5.77. The van der Waals surface area contributed by atoms with Gasteiger partial charge in [-0.3, -0.25) is 0 Å². The molecule has 200 valence electrons. The number of carboxylic acid groups (broad SMARTS) is 1. The first-order chi connectivity index (χ1) is 17.8. The zero-order chi connectivity index (χ0) is 26.6. The number of carbonyl (C=O) groups is 2. The van der Waals surface area contributed by atoms with Gasteiger partial charge < -0.3 is 34.6 Å². The molecule has 2 aromatic carbocycles. The topological polar surface area (TPSA) is 118 Å². The van der Waals surface area contributed by atoms with Crippen molar-refractivity contribution >= 4 is 17.7 Å². The van der Waals surface area contributed by atoms with Crippen LogP contribution in [0.5, 0.6) is 11.5 Å². The number of methoxy groups -OCH3 is 2. The number of aromatic hydroxyl groups is 1. The van der Waals surface area contributed by atoms with Gasteiger partial charge in [-0.2, -0.15) is 0 Å². The lowest BCUT2D eigenvalue weighted by molar-refractivity contribution is -0.144. The third-order valence-electron chi connectivity index (χ3n) is 7.59. The van der Waals surface area contributed by atoms with Crippen molar-refractivity contribution in [1.29, 1.82) is 0 Å². The first kappa shape index (κ1) is 26.6. The molecule has 0 atom stereocenters. The van der Waals surface area contributed by atoms with E-state index in [-0.39, 0.29) is 37.8 Å². The molecule has 2 fully saturated rings. The smallest absolute Gasteiger partial charge is 0.409 e. The Hall–Kier alpha value is -3.46. The van der Waals surface area contributed by atoms with Crippen LogP contribution >= 0.6 is 0 Å². The number of nitrogens with one attached hydrogen (secondary N) is 1. The second kappa shape index (κ2) is 11.3. The maximum absolute atomic E-state index is 12.4. The van der Waals surface area contributed by atoms with Crippen molar-refractivity contribution in [2.45, 2.75) is 63.7 Å². The largest absolute Gasteiger partial charge is 0.508 e. The first-order valence-corrected chi connectivity index (χ1v) is 12.7. The number of benzene rings is 2. The Morgan fingerprint density at radius 2 is 1.81 bits per heavy atom. The van der Waals surface area contributed by atoms with Gasteiger partial charge in [0.25, 0.3) is 0 Å². The van der Waals surface area contributed by atoms with Gasteiger partial charge in [0.15, 0.2) is 0 Å². The molecular weight excluding hydrogens is 476 g/mol. The van der Waals surface area contributed by atoms with Crippen LogP contribution in [0.2, 0.25) is 0 Å². The van der Waals surface area contributed by atoms with E-state index in [1.54, 1.807) is 20.1 Å². The average molecular weight is 513 g/mol. The molecule has 2 aliphatic rings. The van der Waals surface area contributed by atoms with Crippen LogP contribution in [0.3, 0.4) is 0 Å². The second-order valence-electron chi connectivity index (χ2n) is 9.88. The van der Waals surface area contributed by atoms with Gasteiger partial charge in [0.1, 0.15) is 17.0 Å². The van der Waals surface area contributed by atoms with Gasteiger partial charge in [0.2, 0.25) is 0 Å². The molecule has 2 aromatic rings. The van der Waals surface area contributed by atoms with Crippen molar-refractivity contribution in [3.63, 3.8) is 0 Å². The SMILES string of the molecule is COC(=O)N1CCC(Nc2ccc(-c3cc(O)c(C)c(OC)c3)c(COC3CCCC3)c2)(C(=O)O)CC1. The molecule has 0 spiro atoms. The minimum Gasteiger partial charge on any atom is -0.508 e. The fourth-order valence-corrected chi connectivity index (χ4v) is 5.24. The molecule has 1 saturated carbocycles. The number of amides is 1. The molecule has 0 unspecified atom stereocenters. The van der Waals surface area contributed by atoms with Crippen LogP contribution in [-0.4, -0.2) is 66.1 Å². The van der Waals surface area contributed by atoms with Gasteiger partial charge in [0, 0.05) is 24.3 Å². The number of hydrogen-bond acceptors (Lipinski definition) is 7. The minimum atomic E-state index is -1.21. The second-order valence-corrected chi connectivity index (χ2v) is 9.88. The molecule has 1 aliphatic carbocycles. The standard InChI is InChI=1S/C28H36N2O7/c1-18-24(31)15-19(16-25(18)35-2)23-9-8-21(14-20(23)17-37-22-6-4-5-7-22)29-28(26(32)33)10-12-30(13-11-28)27(34)36-3/h8-9,14-16,22,29,31H,4-7,10-13,17H2,1-3H3,(H,32,33). The Morgan fingerprint density at radius 1 is 1.11 bits per heavy atom. The van der Waals surface area contributed by atoms with Gasteiger partial charge in [0.05, 0.1) is 26.9 Å². The van der Waals surface area contributed by atoms with Crippen LogP contribution < -0.4 is 10.1 Å². The maximum Gasteiger partial charge on any atom is 0.409 e. The van der Waals surface area contributed by atoms with E-state index in [9.17, 15) is 19.8 Å². The van der Waals surface area contributed by atoms with Crippen LogP contribution in [-0.2, 0) is 20.9 Å². The molecule has 0 aromatic heterocycles. The van der Waals surface area contributed by atoms with Crippen LogP contribution in [0, 0.1) is 6.92 Å². The number of ether oxygens (including phenoxy) is 3. The Kier molecular flexibility index (Phi) is 8.12. The van der Waals surface area contributed by atoms with Crippen molar-refractivity contribution in [3.8, 4) is 22.6 Å². The molecule has 0 bridgehead atoms. The predicted octanol–water partition coefficient (Wildman–Crippen LogP) is 4.93. The Morgan fingerprint density at radius 3 is 2.43 bits per heavy atom. The van der Waals surface area contributed by atoms with Crippen LogP contribution in [0.4, 0.5) is 10.5 Å². The Labute approximate surface area is 217 Å². The number of carbonyl (C=O) groups excluding carboxylic acids is 1. The Bertz CT molecular complexity index is 1140. The molecular formula is C28H36N2O7. The minimum absolute atomic E-state index is 0.140. The van der Waals surface area contributed by atoms with Crippen LogP contribution in [0.25, 0.3) is 11.1 Å². The number of hydrogen-bond donors (Lipinski definition) is 3. The number of nitrogens with zero attached hydrogens (tertiary/aromatic N) is 1. The number of anilines is 1. The summed E-state index contributed by atoms with van der Waals surface area (Å²) in [5.74, 6) is -0.235. The van der Waals surface area contributed by atoms with Gasteiger partial charge >= 0.3 is 12.1 Å². The molecule has 4 rings (SSSR count). The summed E-state index contributed by atoms with van der Waals surface area (Å²) in [7, 11) is 2.89. The molecule has 3 N–H and O–H groups in total. The normalized spacial score (nSPS) is 17.4. The van der Waals surface area contributed by atoms with Gasteiger partial charge in [-0.05, 0) is 73.6 Å². The summed E-state index contributed by atoms with van der Waals surface area (Å²) in [6, 6.07) is 9.27. The molecule has 9 nitrogen and oxygen atoms in total. The molecule has 9 heteroatoms. The maximum atomic E-state index is 12.4. The van der Waals surface area contributed by atoms with Crippen molar-refractivity contribution < 1.29 is 34.0 Å². The summed E-state index contributed by atoms with van der Waals surface area (Å²) in [6.45, 7) is 2.73. The Balaban J connectivity index is 1.64. The van der Waals surface area contributed by atoms with E-state index < -0.39 is 17.6 Å². The van der Waals surface area contributed by atoms with Crippen LogP contribution in [0.1, 0.15) is 49.7 Å². The average Bonchev–Trinajstić information content (AvgIpc) is 3.43. The molecule has 37 heavy (non-hydrogen) atoms. The van der Waals surface area contributed by atoms with Crippen molar-refractivity contribution in [3.05, 3.63) is 41.5 Å². The first-order valence-electron chi connectivity index (χ1n) is 12.7. The number of carboxylic acids is 1. The molecule has 0 radical (unpaired) electrons. The zero-order valence-electron chi connectivity index (χ0n) is 21.7. The monoisotopic (exact) mass is 512 g/mol. The number of likely N-dealkylation sites (tertiary alicyclic amines) is 1. The van der Waals surface area contributed by atoms with E-state index in [0.29, 0.717) is 23.6 Å². The van der Waals surface area contributed by atoms with E-state index in [1.807, 2.05) is 24.3 Å². The molecule has 1 aliphatic heterocycles. The van der Waals surface area contributed by atoms with Crippen molar-refractivity contribution in [2.75, 3.05) is 32.6 Å². The summed E-state index contributed by atoms with van der Waals surface area (Å²) in [5.41, 5.74) is 2.66. The lowest BCUT2D eigenvalue weighted by atomic mass is 9.87. The number of phenols is 1. The van der Waals surface area contributed by atoms with Gasteiger partial charge in [-0.1, -0.05) is 18.9 Å². The zero-order valence-corrected chi connectivity index (χ0v) is 21.7. The fourth-order valence-electron chi connectivity index (χ4n) is 5.24. The summed E-state index contributed by atoms with van der Waals surface area (Å²) in [5, 5.41) is 23.9. The van der Waals surface area contributed by atoms with E-state index in [2.05, 4.69) is 5.32 Å². The predicted molar refractivity (Wildman–Crippen MR) is 139 cm³/mol. The highest BCUT2D eigenvalue weighted by Gasteiger charge is 2.43. The lowest BCUT2D eigenvalue weighted by Crippen LogP contribution is -2.55. The number of piperidine rings is 1. The highest BCUT2D eigenvalue weighted by atomic mass is 16.5. The molecule has 1 amide bonds. The number of rotatable bonds is 8. The fraction of sp³-hybridized carbons (Fsp3) is 0.500. The summed E-state index contributed by atoms with van der Waals surface area (Å²) in [6.07, 6.45) is 4.63. The lowest BCUT2D eigenvalue weighted by Gasteiger charge is -2.39. The highest BCUT2D eigenvalue weighted by molar-refractivity contribution is 5.84. The van der Waals surface area contributed by atoms with Gasteiger partial charge in [-0.25, -0.2) is 9.59 Å². The van der Waals surface area contributed by atoms with Crippen molar-refractivity contribution in [2.24, 2.45) is 0 Å². The third-order valence-corrected chi connectivity index (χ3v) is 7.59. The van der Waals surface area contributed by atoms with E-state index in [4.69, 9.17) is 14.2 Å². The molecule has 1 heterocycles. The van der Waals surface area contributed by atoms with Crippen molar-refractivity contribution in [1.82, 2.24) is 4.90 Å². The quantitative estimate of drug-likeness (QED) is 0.456. The number of aliphatic carboxylic acids is 1. The van der Waals surface area contributed by atoms with Crippen LogP contribution in [0.15, 0.2) is 30.3 Å². The molecule has 1 saturated heterocycles. The summed E-state index contributed by atoms with van der Waals surface area (Å²) >= 11 is 0. The number of phenolic OH excluding ortho intramolecular Hbond substituents is 1. The van der Waals surface area contributed by atoms with E-state index in [1.165, 1.54) is 12.0 Å².